The second kappa shape index (κ2) is 5.87. The van der Waals surface area contributed by atoms with Gasteiger partial charge in [0.15, 0.2) is 0 Å². The molecule has 0 bridgehead atoms. The molecule has 6 heteroatoms. The van der Waals surface area contributed by atoms with Gasteiger partial charge in [-0.25, -0.2) is 4.98 Å². The van der Waals surface area contributed by atoms with Gasteiger partial charge in [0, 0.05) is 4.88 Å². The van der Waals surface area contributed by atoms with E-state index in [-0.39, 0.29) is 6.04 Å². The van der Waals surface area contributed by atoms with E-state index >= 15 is 0 Å². The number of pyridine rings is 1. The van der Waals surface area contributed by atoms with Crippen LogP contribution < -0.4 is 5.32 Å². The van der Waals surface area contributed by atoms with Gasteiger partial charge < -0.3 is 9.73 Å². The van der Waals surface area contributed by atoms with Gasteiger partial charge in [-0.1, -0.05) is 23.2 Å². The Kier molecular flexibility index (Phi) is 3.96. The zero-order valence-electron chi connectivity index (χ0n) is 10.2. The van der Waals surface area contributed by atoms with E-state index in [1.807, 2.05) is 30.3 Å². The molecule has 0 aliphatic rings. The lowest BCUT2D eigenvalue weighted by Gasteiger charge is -2.16. The largest absolute Gasteiger partial charge is 0.467 e. The molecule has 0 amide bonds. The lowest BCUT2D eigenvalue weighted by molar-refractivity contribution is 0.501. The first kappa shape index (κ1) is 13.5. The number of nitrogens with one attached hydrogen (secondary N) is 1. The van der Waals surface area contributed by atoms with Crippen LogP contribution in [-0.2, 0) is 0 Å². The second-order valence-corrected chi connectivity index (χ2v) is 6.24. The minimum atomic E-state index is -0.106. The Morgan fingerprint density at radius 1 is 1.15 bits per heavy atom. The van der Waals surface area contributed by atoms with E-state index in [9.17, 15) is 0 Å². The first-order valence-electron chi connectivity index (χ1n) is 5.89. The minimum absolute atomic E-state index is 0.106. The van der Waals surface area contributed by atoms with Crippen LogP contribution in [0.15, 0.2) is 53.3 Å². The quantitative estimate of drug-likeness (QED) is 0.666. The van der Waals surface area contributed by atoms with Gasteiger partial charge in [0.1, 0.15) is 17.0 Å². The summed E-state index contributed by atoms with van der Waals surface area (Å²) >= 11 is 13.3. The molecule has 0 radical (unpaired) electrons. The lowest BCUT2D eigenvalue weighted by atomic mass is 10.2. The van der Waals surface area contributed by atoms with E-state index in [4.69, 9.17) is 27.6 Å². The Morgan fingerprint density at radius 2 is 2.05 bits per heavy atom. The standard InChI is InChI=1S/C14H10Cl2N2OS/c15-12-5-3-9(8-17-12)18-14(10-2-1-7-19-10)11-4-6-13(16)20-11/h1-8,14,18H. The summed E-state index contributed by atoms with van der Waals surface area (Å²) in [6.45, 7) is 0. The van der Waals surface area contributed by atoms with E-state index in [0.717, 1.165) is 20.7 Å². The van der Waals surface area contributed by atoms with Crippen LogP contribution in [0.4, 0.5) is 5.69 Å². The van der Waals surface area contributed by atoms with E-state index in [2.05, 4.69) is 10.3 Å². The third kappa shape index (κ3) is 2.98. The number of furan rings is 1. The predicted octanol–water partition coefficient (Wildman–Crippen LogP) is 5.24. The van der Waals surface area contributed by atoms with Crippen molar-refractivity contribution in [2.24, 2.45) is 0 Å². The number of hydrogen-bond acceptors (Lipinski definition) is 4. The van der Waals surface area contributed by atoms with Crippen molar-refractivity contribution in [3.05, 3.63) is 69.0 Å². The van der Waals surface area contributed by atoms with Gasteiger partial charge in [0.2, 0.25) is 0 Å². The smallest absolute Gasteiger partial charge is 0.131 e. The molecule has 0 saturated heterocycles. The number of halogens is 2. The third-order valence-electron chi connectivity index (χ3n) is 2.74. The lowest BCUT2D eigenvalue weighted by Crippen LogP contribution is -2.10. The first-order chi connectivity index (χ1) is 9.72. The number of anilines is 1. The summed E-state index contributed by atoms with van der Waals surface area (Å²) < 4.78 is 6.25. The average molecular weight is 325 g/mol. The molecule has 3 aromatic rings. The third-order valence-corrected chi connectivity index (χ3v) is 4.26. The molecule has 1 N–H and O–H groups in total. The van der Waals surface area contributed by atoms with Crippen molar-refractivity contribution >= 4 is 40.2 Å². The van der Waals surface area contributed by atoms with Gasteiger partial charge in [-0.2, -0.15) is 0 Å². The Balaban J connectivity index is 1.92. The van der Waals surface area contributed by atoms with Gasteiger partial charge in [0.05, 0.1) is 22.5 Å². The van der Waals surface area contributed by atoms with Crippen molar-refractivity contribution in [2.45, 2.75) is 6.04 Å². The molecule has 3 heterocycles. The zero-order valence-corrected chi connectivity index (χ0v) is 12.5. The Morgan fingerprint density at radius 3 is 2.65 bits per heavy atom. The predicted molar refractivity (Wildman–Crippen MR) is 82.7 cm³/mol. The van der Waals surface area contributed by atoms with E-state index in [1.54, 1.807) is 18.5 Å². The molecule has 0 aromatic carbocycles. The second-order valence-electron chi connectivity index (χ2n) is 4.10. The summed E-state index contributed by atoms with van der Waals surface area (Å²) in [6, 6.07) is 11.2. The summed E-state index contributed by atoms with van der Waals surface area (Å²) in [6.07, 6.45) is 3.34. The van der Waals surface area contributed by atoms with Crippen LogP contribution in [0.3, 0.4) is 0 Å². The summed E-state index contributed by atoms with van der Waals surface area (Å²) in [5, 5.41) is 3.84. The van der Waals surface area contributed by atoms with Gasteiger partial charge in [-0.05, 0) is 36.4 Å². The number of rotatable bonds is 4. The Hall–Kier alpha value is -1.49. The van der Waals surface area contributed by atoms with E-state index < -0.39 is 0 Å². The van der Waals surface area contributed by atoms with Crippen LogP contribution in [0.5, 0.6) is 0 Å². The molecule has 1 atom stereocenters. The topological polar surface area (TPSA) is 38.1 Å². The molecule has 3 nitrogen and oxygen atoms in total. The maximum atomic E-state index is 6.02. The van der Waals surface area contributed by atoms with Crippen LogP contribution in [-0.4, -0.2) is 4.98 Å². The highest BCUT2D eigenvalue weighted by Crippen LogP contribution is 2.33. The molecule has 0 spiro atoms. The molecular formula is C14H10Cl2N2OS. The highest BCUT2D eigenvalue weighted by Gasteiger charge is 2.19. The monoisotopic (exact) mass is 324 g/mol. The Labute approximate surface area is 130 Å². The molecule has 102 valence electrons. The fraction of sp³-hybridized carbons (Fsp3) is 0.0714. The van der Waals surface area contributed by atoms with Gasteiger partial charge in [-0.3, -0.25) is 0 Å². The van der Waals surface area contributed by atoms with Crippen LogP contribution in [0, 0.1) is 0 Å². The number of thiophene rings is 1. The van der Waals surface area contributed by atoms with Crippen molar-refractivity contribution in [1.29, 1.82) is 0 Å². The van der Waals surface area contributed by atoms with Crippen LogP contribution in [0.1, 0.15) is 16.7 Å². The van der Waals surface area contributed by atoms with Crippen molar-refractivity contribution in [3.8, 4) is 0 Å². The summed E-state index contributed by atoms with van der Waals surface area (Å²) in [5.41, 5.74) is 0.861. The number of hydrogen-bond donors (Lipinski definition) is 1. The van der Waals surface area contributed by atoms with Crippen LogP contribution in [0.25, 0.3) is 0 Å². The van der Waals surface area contributed by atoms with E-state index in [0.29, 0.717) is 5.15 Å². The SMILES string of the molecule is Clc1ccc(NC(c2ccco2)c2ccc(Cl)s2)cn1. The molecule has 20 heavy (non-hydrogen) atoms. The van der Waals surface area contributed by atoms with Gasteiger partial charge in [0.25, 0.3) is 0 Å². The van der Waals surface area contributed by atoms with E-state index in [1.165, 1.54) is 11.3 Å². The molecule has 3 rings (SSSR count). The normalized spacial score (nSPS) is 12.3. The molecule has 0 aliphatic carbocycles. The van der Waals surface area contributed by atoms with Gasteiger partial charge >= 0.3 is 0 Å². The summed E-state index contributed by atoms with van der Waals surface area (Å²) in [4.78, 5) is 5.13. The summed E-state index contributed by atoms with van der Waals surface area (Å²) in [5.74, 6) is 0.818. The van der Waals surface area contributed by atoms with Crippen molar-refractivity contribution in [1.82, 2.24) is 4.98 Å². The Bertz CT molecular complexity index is 680. The average Bonchev–Trinajstić information content (AvgIpc) is 3.09. The van der Waals surface area contributed by atoms with Crippen molar-refractivity contribution < 1.29 is 4.42 Å². The molecule has 1 unspecified atom stereocenters. The maximum Gasteiger partial charge on any atom is 0.131 e. The zero-order chi connectivity index (χ0) is 13.9. The molecule has 0 saturated carbocycles. The summed E-state index contributed by atoms with van der Waals surface area (Å²) in [7, 11) is 0. The van der Waals surface area contributed by atoms with Crippen LogP contribution >= 0.6 is 34.5 Å². The highest BCUT2D eigenvalue weighted by molar-refractivity contribution is 7.16. The first-order valence-corrected chi connectivity index (χ1v) is 7.46. The molecular weight excluding hydrogens is 315 g/mol. The maximum absolute atomic E-state index is 6.02. The number of aromatic nitrogens is 1. The highest BCUT2D eigenvalue weighted by atomic mass is 35.5. The van der Waals surface area contributed by atoms with Crippen molar-refractivity contribution in [3.63, 3.8) is 0 Å². The minimum Gasteiger partial charge on any atom is -0.467 e. The fourth-order valence-electron chi connectivity index (χ4n) is 1.85. The molecule has 0 aliphatic heterocycles. The van der Waals surface area contributed by atoms with Crippen molar-refractivity contribution in [2.75, 3.05) is 5.32 Å². The number of nitrogens with zero attached hydrogens (tertiary/aromatic N) is 1. The molecule has 3 aromatic heterocycles. The fourth-order valence-corrected chi connectivity index (χ4v) is 3.08. The van der Waals surface area contributed by atoms with Crippen LogP contribution in [0.2, 0.25) is 9.49 Å². The van der Waals surface area contributed by atoms with Gasteiger partial charge in [-0.15, -0.1) is 11.3 Å². The molecule has 0 fully saturated rings.